The van der Waals surface area contributed by atoms with E-state index in [-0.39, 0.29) is 18.9 Å². The smallest absolute Gasteiger partial charge is 0.167 e. The zero-order valence-electron chi connectivity index (χ0n) is 11.5. The van der Waals surface area contributed by atoms with Crippen molar-refractivity contribution in [3.8, 4) is 0 Å². The molecule has 2 N–H and O–H groups in total. The van der Waals surface area contributed by atoms with Crippen LogP contribution in [0.25, 0.3) is 11.2 Å². The van der Waals surface area contributed by atoms with E-state index in [4.69, 9.17) is 4.74 Å². The van der Waals surface area contributed by atoms with Crippen LogP contribution in [0.4, 0.5) is 5.82 Å². The molecular weight excluding hydrogens is 260 g/mol. The van der Waals surface area contributed by atoms with Crippen LogP contribution in [-0.4, -0.2) is 69.4 Å². The van der Waals surface area contributed by atoms with Crippen molar-refractivity contribution in [3.63, 3.8) is 0 Å². The van der Waals surface area contributed by atoms with Gasteiger partial charge in [-0.25, -0.2) is 15.0 Å². The van der Waals surface area contributed by atoms with E-state index in [0.29, 0.717) is 11.3 Å². The van der Waals surface area contributed by atoms with Crippen LogP contribution in [0.3, 0.4) is 0 Å². The van der Waals surface area contributed by atoms with Crippen LogP contribution in [0.2, 0.25) is 0 Å². The van der Waals surface area contributed by atoms with Gasteiger partial charge in [-0.3, -0.25) is 9.47 Å². The first-order chi connectivity index (χ1) is 9.72. The highest BCUT2D eigenvalue weighted by atomic mass is 16.5. The Hall–Kier alpha value is -1.77. The summed E-state index contributed by atoms with van der Waals surface area (Å²) in [5.74, 6) is 0.691. The number of rotatable bonds is 3. The maximum atomic E-state index is 9.31. The Morgan fingerprint density at radius 3 is 3.00 bits per heavy atom. The minimum atomic E-state index is -0.212. The number of hydrogen-bond acceptors (Lipinski definition) is 7. The number of hydrogen-bond donors (Lipinski definition) is 2. The van der Waals surface area contributed by atoms with Crippen molar-refractivity contribution in [1.29, 1.82) is 0 Å². The molecule has 0 aliphatic carbocycles. The predicted octanol–water partition coefficient (Wildman–Crippen LogP) is -0.311. The number of anilines is 1. The molecule has 0 saturated carbocycles. The van der Waals surface area contributed by atoms with Crippen molar-refractivity contribution in [2.24, 2.45) is 0 Å². The molecule has 2 aromatic rings. The van der Waals surface area contributed by atoms with Crippen LogP contribution >= 0.6 is 0 Å². The third-order valence-electron chi connectivity index (χ3n) is 3.44. The molecule has 0 aromatic carbocycles. The van der Waals surface area contributed by atoms with E-state index in [1.165, 1.54) is 6.33 Å². The zero-order chi connectivity index (χ0) is 14.1. The maximum absolute atomic E-state index is 9.31. The van der Waals surface area contributed by atoms with Gasteiger partial charge in [0.2, 0.25) is 0 Å². The van der Waals surface area contributed by atoms with Gasteiger partial charge in [-0.15, -0.1) is 0 Å². The number of aliphatic hydroxyl groups excluding tert-OH is 1. The van der Waals surface area contributed by atoms with Crippen molar-refractivity contribution in [3.05, 3.63) is 12.7 Å². The van der Waals surface area contributed by atoms with Crippen LogP contribution in [0.15, 0.2) is 12.7 Å². The van der Waals surface area contributed by atoms with E-state index in [1.807, 2.05) is 11.6 Å². The topological polar surface area (TPSA) is 88.3 Å². The maximum Gasteiger partial charge on any atom is 0.167 e. The molecule has 0 amide bonds. The summed E-state index contributed by atoms with van der Waals surface area (Å²) < 4.78 is 7.77. The van der Waals surface area contributed by atoms with E-state index in [2.05, 4.69) is 25.2 Å². The second kappa shape index (κ2) is 5.31. The molecule has 2 atom stereocenters. The van der Waals surface area contributed by atoms with Crippen LogP contribution in [0.5, 0.6) is 0 Å². The van der Waals surface area contributed by atoms with Crippen LogP contribution in [0.1, 0.15) is 6.23 Å². The van der Waals surface area contributed by atoms with Crippen molar-refractivity contribution in [1.82, 2.24) is 24.4 Å². The van der Waals surface area contributed by atoms with E-state index in [9.17, 15) is 5.11 Å². The molecule has 108 valence electrons. The fourth-order valence-electron chi connectivity index (χ4n) is 2.50. The number of morpholine rings is 1. The number of imidazole rings is 1. The molecule has 3 heterocycles. The normalized spacial score (nSPS) is 24.1. The number of aliphatic hydroxyl groups is 1. The lowest BCUT2D eigenvalue weighted by Gasteiger charge is -2.35. The van der Waals surface area contributed by atoms with Crippen molar-refractivity contribution in [2.45, 2.75) is 12.3 Å². The largest absolute Gasteiger partial charge is 0.394 e. The van der Waals surface area contributed by atoms with Gasteiger partial charge in [-0.05, 0) is 7.05 Å². The summed E-state index contributed by atoms with van der Waals surface area (Å²) in [7, 11) is 3.80. The van der Waals surface area contributed by atoms with Gasteiger partial charge < -0.3 is 15.2 Å². The monoisotopic (exact) mass is 278 g/mol. The Morgan fingerprint density at radius 2 is 2.25 bits per heavy atom. The molecule has 8 heteroatoms. The molecule has 8 nitrogen and oxygen atoms in total. The van der Waals surface area contributed by atoms with E-state index in [0.717, 1.165) is 18.7 Å². The predicted molar refractivity (Wildman–Crippen MR) is 73.4 cm³/mol. The average molecular weight is 278 g/mol. The molecule has 0 radical (unpaired) electrons. The first-order valence-corrected chi connectivity index (χ1v) is 6.53. The van der Waals surface area contributed by atoms with Gasteiger partial charge in [0, 0.05) is 20.1 Å². The number of nitrogens with zero attached hydrogens (tertiary/aromatic N) is 5. The lowest BCUT2D eigenvalue weighted by Crippen LogP contribution is -2.45. The summed E-state index contributed by atoms with van der Waals surface area (Å²) in [6.07, 6.45) is 2.80. The quantitative estimate of drug-likeness (QED) is 0.796. The van der Waals surface area contributed by atoms with E-state index in [1.54, 1.807) is 13.4 Å². The third-order valence-corrected chi connectivity index (χ3v) is 3.44. The molecule has 1 fully saturated rings. The van der Waals surface area contributed by atoms with Crippen LogP contribution in [0, 0.1) is 0 Å². The number of aromatic nitrogens is 4. The number of nitrogens with one attached hydrogen (secondary N) is 1. The molecule has 1 aliphatic rings. The second-order valence-corrected chi connectivity index (χ2v) is 4.91. The van der Waals surface area contributed by atoms with Gasteiger partial charge in [0.05, 0.1) is 19.0 Å². The molecule has 1 aliphatic heterocycles. The number of ether oxygens (including phenoxy) is 1. The second-order valence-electron chi connectivity index (χ2n) is 4.91. The molecule has 0 spiro atoms. The Kier molecular flexibility index (Phi) is 3.51. The van der Waals surface area contributed by atoms with Gasteiger partial charge in [0.25, 0.3) is 0 Å². The molecule has 3 rings (SSSR count). The third kappa shape index (κ3) is 2.21. The summed E-state index contributed by atoms with van der Waals surface area (Å²) in [5.41, 5.74) is 1.44. The fraction of sp³-hybridized carbons (Fsp3) is 0.583. The highest BCUT2D eigenvalue weighted by molar-refractivity contribution is 5.82. The van der Waals surface area contributed by atoms with Gasteiger partial charge in [0.1, 0.15) is 18.1 Å². The molecule has 20 heavy (non-hydrogen) atoms. The minimum Gasteiger partial charge on any atom is -0.394 e. The zero-order valence-corrected chi connectivity index (χ0v) is 11.5. The van der Waals surface area contributed by atoms with Gasteiger partial charge in [0.15, 0.2) is 11.5 Å². The fourth-order valence-corrected chi connectivity index (χ4v) is 2.50. The Labute approximate surface area is 116 Å². The number of fused-ring (bicyclic) bond motifs is 1. The number of likely N-dealkylation sites (N-methyl/N-ethyl adjacent to an activating group) is 1. The lowest BCUT2D eigenvalue weighted by molar-refractivity contribution is -0.127. The highest BCUT2D eigenvalue weighted by Crippen LogP contribution is 2.24. The SMILES string of the molecule is CNc1ncnc2c1ncn2C1CN(C)CC(CO)O1. The van der Waals surface area contributed by atoms with E-state index >= 15 is 0 Å². The van der Waals surface area contributed by atoms with Crippen molar-refractivity contribution >= 4 is 17.0 Å². The molecular formula is C12H18N6O2. The highest BCUT2D eigenvalue weighted by Gasteiger charge is 2.28. The minimum absolute atomic E-state index is 0.00419. The van der Waals surface area contributed by atoms with Crippen molar-refractivity contribution in [2.75, 3.05) is 39.1 Å². The Bertz CT molecular complexity index is 601. The Balaban J connectivity index is 1.97. The molecule has 2 unspecified atom stereocenters. The van der Waals surface area contributed by atoms with Gasteiger partial charge in [-0.1, -0.05) is 0 Å². The first kappa shape index (κ1) is 13.2. The van der Waals surface area contributed by atoms with Crippen molar-refractivity contribution < 1.29 is 9.84 Å². The molecule has 2 aromatic heterocycles. The first-order valence-electron chi connectivity index (χ1n) is 6.53. The van der Waals surface area contributed by atoms with Gasteiger partial charge in [-0.2, -0.15) is 0 Å². The summed E-state index contributed by atoms with van der Waals surface area (Å²) >= 11 is 0. The standard InChI is InChI=1S/C12H18N6O2/c1-13-11-10-12(15-6-14-11)18(7-16-10)9-4-17(2)3-8(5-19)20-9/h6-9,19H,3-5H2,1-2H3,(H,13,14,15). The summed E-state index contributed by atoms with van der Waals surface area (Å²) in [4.78, 5) is 14.9. The Morgan fingerprint density at radius 1 is 1.40 bits per heavy atom. The van der Waals surface area contributed by atoms with Crippen LogP contribution < -0.4 is 5.32 Å². The summed E-state index contributed by atoms with van der Waals surface area (Å²) in [5, 5.41) is 12.3. The lowest BCUT2D eigenvalue weighted by atomic mass is 10.3. The molecule has 0 bridgehead atoms. The van der Waals surface area contributed by atoms with Crippen LogP contribution in [-0.2, 0) is 4.74 Å². The summed E-state index contributed by atoms with van der Waals surface area (Å²) in [6, 6.07) is 0. The molecule has 1 saturated heterocycles. The van der Waals surface area contributed by atoms with Gasteiger partial charge >= 0.3 is 0 Å². The average Bonchev–Trinajstić information content (AvgIpc) is 2.90. The van der Waals surface area contributed by atoms with E-state index < -0.39 is 0 Å². The summed E-state index contributed by atoms with van der Waals surface area (Å²) in [6.45, 7) is 1.45.